The van der Waals surface area contributed by atoms with E-state index in [0.717, 1.165) is 19.3 Å². The maximum absolute atomic E-state index is 13.7. The predicted octanol–water partition coefficient (Wildman–Crippen LogP) is 2.03. The first-order valence-electron chi connectivity index (χ1n) is 5.51. The van der Waals surface area contributed by atoms with E-state index in [2.05, 4.69) is 10.3 Å². The molecule has 1 atom stereocenters. The SMILES string of the molecule is N#Cc1cnccc1NC(=O)C(F)C1CCC1. The molecule has 2 rings (SSSR count). The smallest absolute Gasteiger partial charge is 0.259 e. The number of rotatable bonds is 3. The van der Waals surface area contributed by atoms with Crippen molar-refractivity contribution in [3.05, 3.63) is 24.0 Å². The number of nitrogens with zero attached hydrogens (tertiary/aromatic N) is 2. The van der Waals surface area contributed by atoms with Gasteiger partial charge in [-0.2, -0.15) is 5.26 Å². The average molecular weight is 233 g/mol. The van der Waals surface area contributed by atoms with Gasteiger partial charge in [-0.3, -0.25) is 9.78 Å². The number of carbonyl (C=O) groups is 1. The first-order valence-corrected chi connectivity index (χ1v) is 5.51. The first-order chi connectivity index (χ1) is 8.22. The monoisotopic (exact) mass is 233 g/mol. The van der Waals surface area contributed by atoms with Crippen LogP contribution in [-0.2, 0) is 4.79 Å². The van der Waals surface area contributed by atoms with Crippen LogP contribution in [0, 0.1) is 17.2 Å². The van der Waals surface area contributed by atoms with E-state index in [-0.39, 0.29) is 11.5 Å². The number of pyridine rings is 1. The maximum atomic E-state index is 13.7. The zero-order valence-electron chi connectivity index (χ0n) is 9.19. The van der Waals surface area contributed by atoms with Crippen molar-refractivity contribution in [1.82, 2.24) is 4.98 Å². The number of hydrogen-bond acceptors (Lipinski definition) is 3. The Hall–Kier alpha value is -1.96. The Labute approximate surface area is 98.5 Å². The Morgan fingerprint density at radius 2 is 2.41 bits per heavy atom. The Morgan fingerprint density at radius 3 is 3.00 bits per heavy atom. The van der Waals surface area contributed by atoms with Crippen LogP contribution in [0.4, 0.5) is 10.1 Å². The molecule has 4 nitrogen and oxygen atoms in total. The van der Waals surface area contributed by atoms with Gasteiger partial charge in [0.2, 0.25) is 0 Å². The van der Waals surface area contributed by atoms with Crippen LogP contribution >= 0.6 is 0 Å². The Bertz CT molecular complexity index is 465. The minimum atomic E-state index is -1.48. The molecule has 0 radical (unpaired) electrons. The Morgan fingerprint density at radius 1 is 1.65 bits per heavy atom. The summed E-state index contributed by atoms with van der Waals surface area (Å²) in [6.07, 6.45) is 3.81. The fourth-order valence-electron chi connectivity index (χ4n) is 1.74. The number of amides is 1. The highest BCUT2D eigenvalue weighted by molar-refractivity contribution is 5.95. The van der Waals surface area contributed by atoms with E-state index in [1.807, 2.05) is 6.07 Å². The average Bonchev–Trinajstić information content (AvgIpc) is 2.27. The van der Waals surface area contributed by atoms with Crippen LogP contribution < -0.4 is 5.32 Å². The molecular formula is C12H12FN3O. The number of hydrogen-bond donors (Lipinski definition) is 1. The van der Waals surface area contributed by atoms with E-state index in [0.29, 0.717) is 5.69 Å². The summed E-state index contributed by atoms with van der Waals surface area (Å²) < 4.78 is 13.7. The summed E-state index contributed by atoms with van der Waals surface area (Å²) in [4.78, 5) is 15.4. The van der Waals surface area contributed by atoms with Crippen molar-refractivity contribution in [3.63, 3.8) is 0 Å². The Kier molecular flexibility index (Phi) is 3.33. The van der Waals surface area contributed by atoms with Crippen molar-refractivity contribution in [3.8, 4) is 6.07 Å². The predicted molar refractivity (Wildman–Crippen MR) is 59.8 cm³/mol. The largest absolute Gasteiger partial charge is 0.322 e. The molecule has 1 aromatic heterocycles. The Balaban J connectivity index is 2.05. The molecule has 1 heterocycles. The third-order valence-corrected chi connectivity index (χ3v) is 3.01. The van der Waals surface area contributed by atoms with Crippen molar-refractivity contribution in [2.45, 2.75) is 25.4 Å². The second kappa shape index (κ2) is 4.91. The highest BCUT2D eigenvalue weighted by atomic mass is 19.1. The number of aromatic nitrogens is 1. The number of anilines is 1. The van der Waals surface area contributed by atoms with Gasteiger partial charge >= 0.3 is 0 Å². The van der Waals surface area contributed by atoms with Gasteiger partial charge in [0.05, 0.1) is 11.3 Å². The summed E-state index contributed by atoms with van der Waals surface area (Å²) >= 11 is 0. The lowest BCUT2D eigenvalue weighted by atomic mass is 9.81. The van der Waals surface area contributed by atoms with E-state index in [9.17, 15) is 9.18 Å². The fourth-order valence-corrected chi connectivity index (χ4v) is 1.74. The normalized spacial score (nSPS) is 16.7. The third kappa shape index (κ3) is 2.41. The summed E-state index contributed by atoms with van der Waals surface area (Å²) in [7, 11) is 0. The van der Waals surface area contributed by atoms with Crippen molar-refractivity contribution in [1.29, 1.82) is 5.26 Å². The second-order valence-corrected chi connectivity index (χ2v) is 4.12. The number of carbonyl (C=O) groups excluding carboxylic acids is 1. The van der Waals surface area contributed by atoms with Crippen LogP contribution in [0.1, 0.15) is 24.8 Å². The summed E-state index contributed by atoms with van der Waals surface area (Å²) in [5.74, 6) is -0.834. The van der Waals surface area contributed by atoms with Crippen LogP contribution in [0.2, 0.25) is 0 Å². The molecule has 0 spiro atoms. The van der Waals surface area contributed by atoms with Gasteiger partial charge in [-0.25, -0.2) is 4.39 Å². The van der Waals surface area contributed by atoms with Crippen molar-refractivity contribution >= 4 is 11.6 Å². The minimum Gasteiger partial charge on any atom is -0.322 e. The van der Waals surface area contributed by atoms with Crippen LogP contribution in [0.5, 0.6) is 0 Å². The number of nitrogens with one attached hydrogen (secondary N) is 1. The third-order valence-electron chi connectivity index (χ3n) is 3.01. The number of nitriles is 1. The van der Waals surface area contributed by atoms with E-state index < -0.39 is 12.1 Å². The van der Waals surface area contributed by atoms with Gasteiger partial charge < -0.3 is 5.32 Å². The van der Waals surface area contributed by atoms with Gasteiger partial charge in [0, 0.05) is 12.4 Å². The lowest BCUT2D eigenvalue weighted by molar-refractivity contribution is -0.123. The van der Waals surface area contributed by atoms with E-state index in [1.54, 1.807) is 0 Å². The van der Waals surface area contributed by atoms with Crippen LogP contribution in [0.25, 0.3) is 0 Å². The van der Waals surface area contributed by atoms with E-state index >= 15 is 0 Å². The maximum Gasteiger partial charge on any atom is 0.259 e. The molecule has 1 unspecified atom stereocenters. The molecule has 5 heteroatoms. The lowest BCUT2D eigenvalue weighted by Crippen LogP contribution is -2.34. The molecule has 17 heavy (non-hydrogen) atoms. The van der Waals surface area contributed by atoms with Gasteiger partial charge in [0.25, 0.3) is 5.91 Å². The summed E-state index contributed by atoms with van der Waals surface area (Å²) in [5, 5.41) is 11.2. The van der Waals surface area contributed by atoms with Gasteiger partial charge in [-0.1, -0.05) is 6.42 Å². The summed E-state index contributed by atoms with van der Waals surface area (Å²) in [6.45, 7) is 0. The molecule has 1 amide bonds. The molecule has 1 saturated carbocycles. The zero-order chi connectivity index (χ0) is 12.3. The first kappa shape index (κ1) is 11.5. The molecule has 0 bridgehead atoms. The van der Waals surface area contributed by atoms with Crippen LogP contribution in [0.3, 0.4) is 0 Å². The van der Waals surface area contributed by atoms with Crippen LogP contribution in [-0.4, -0.2) is 17.1 Å². The molecule has 0 saturated heterocycles. The van der Waals surface area contributed by atoms with Crippen molar-refractivity contribution in [2.75, 3.05) is 5.32 Å². The fraction of sp³-hybridized carbons (Fsp3) is 0.417. The molecule has 0 aromatic carbocycles. The van der Waals surface area contributed by atoms with Gasteiger partial charge in [0.1, 0.15) is 6.07 Å². The minimum absolute atomic E-state index is 0.164. The van der Waals surface area contributed by atoms with Gasteiger partial charge in [-0.15, -0.1) is 0 Å². The number of alkyl halides is 1. The molecule has 1 aliphatic carbocycles. The summed E-state index contributed by atoms with van der Waals surface area (Å²) in [5.41, 5.74) is 0.552. The quantitative estimate of drug-likeness (QED) is 0.868. The van der Waals surface area contributed by atoms with E-state index in [1.165, 1.54) is 18.5 Å². The van der Waals surface area contributed by atoms with Crippen molar-refractivity contribution in [2.24, 2.45) is 5.92 Å². The highest BCUT2D eigenvalue weighted by Gasteiger charge is 2.32. The standard InChI is InChI=1S/C12H12FN3O/c13-11(8-2-1-3-8)12(17)16-10-4-5-15-7-9(10)6-14/h4-5,7-8,11H,1-3H2,(H,15,16,17). The highest BCUT2D eigenvalue weighted by Crippen LogP contribution is 2.31. The molecule has 1 N–H and O–H groups in total. The lowest BCUT2D eigenvalue weighted by Gasteiger charge is -2.27. The molecular weight excluding hydrogens is 221 g/mol. The van der Waals surface area contributed by atoms with Crippen LogP contribution in [0.15, 0.2) is 18.5 Å². The summed E-state index contributed by atoms with van der Waals surface area (Å²) in [6, 6.07) is 3.39. The van der Waals surface area contributed by atoms with Gasteiger partial charge in [0.15, 0.2) is 6.17 Å². The molecule has 0 aliphatic heterocycles. The number of halogens is 1. The molecule has 1 aromatic rings. The topological polar surface area (TPSA) is 65.8 Å². The molecule has 1 aliphatic rings. The molecule has 88 valence electrons. The van der Waals surface area contributed by atoms with Gasteiger partial charge in [-0.05, 0) is 24.8 Å². The molecule has 1 fully saturated rings. The van der Waals surface area contributed by atoms with E-state index in [4.69, 9.17) is 5.26 Å². The van der Waals surface area contributed by atoms with Crippen molar-refractivity contribution < 1.29 is 9.18 Å². The second-order valence-electron chi connectivity index (χ2n) is 4.12. The zero-order valence-corrected chi connectivity index (χ0v) is 9.19.